The average molecular weight is 462 g/mol. The van der Waals surface area contributed by atoms with Crippen LogP contribution in [0.15, 0.2) is 65.5 Å². The predicted octanol–water partition coefficient (Wildman–Crippen LogP) is 5.47. The number of carboxylic acid groups (broad SMARTS) is 1. The summed E-state index contributed by atoms with van der Waals surface area (Å²) in [6, 6.07) is 14.1. The smallest absolute Gasteiger partial charge is 0.368 e. The number of carbonyl (C=O) groups is 1. The van der Waals surface area contributed by atoms with Crippen LogP contribution < -0.4 is 9.64 Å². The first-order valence-corrected chi connectivity index (χ1v) is 12.3. The molecule has 2 aromatic rings. The topological polar surface area (TPSA) is 83.9 Å². The number of hydrogen-bond acceptors (Lipinski definition) is 5. The second kappa shape index (κ2) is 9.73. The lowest BCUT2D eigenvalue weighted by atomic mass is 9.81. The van der Waals surface area contributed by atoms with Gasteiger partial charge in [0.05, 0.1) is 16.3 Å². The molecule has 0 aliphatic carbocycles. The quantitative estimate of drug-likeness (QED) is 0.414. The van der Waals surface area contributed by atoms with Gasteiger partial charge in [-0.3, -0.25) is 0 Å². The Balaban J connectivity index is 2.14. The lowest BCUT2D eigenvalue weighted by molar-refractivity contribution is -0.134. The van der Waals surface area contributed by atoms with Gasteiger partial charge in [0.2, 0.25) is 5.83 Å². The van der Waals surface area contributed by atoms with Crippen molar-refractivity contribution < 1.29 is 27.4 Å². The Labute approximate surface area is 188 Å². The van der Waals surface area contributed by atoms with Crippen LogP contribution in [0, 0.1) is 5.41 Å². The van der Waals surface area contributed by atoms with E-state index in [1.54, 1.807) is 6.07 Å². The van der Waals surface area contributed by atoms with Crippen molar-refractivity contribution in [2.45, 2.75) is 44.4 Å². The third-order valence-corrected chi connectivity index (χ3v) is 7.92. The molecule has 1 N–H and O–H groups in total. The molecule has 0 saturated carbocycles. The molecule has 3 rings (SSSR count). The predicted molar refractivity (Wildman–Crippen MR) is 122 cm³/mol. The Kier molecular flexibility index (Phi) is 7.23. The van der Waals surface area contributed by atoms with Crippen LogP contribution in [0.3, 0.4) is 0 Å². The van der Waals surface area contributed by atoms with E-state index in [4.69, 9.17) is 9.84 Å². The summed E-state index contributed by atoms with van der Waals surface area (Å²) in [5.41, 5.74) is 0.976. The zero-order valence-electron chi connectivity index (χ0n) is 18.3. The first-order valence-electron chi connectivity index (χ1n) is 10.7. The van der Waals surface area contributed by atoms with Crippen LogP contribution in [0.5, 0.6) is 5.75 Å². The summed E-state index contributed by atoms with van der Waals surface area (Å²) in [7, 11) is -3.70. The standard InChI is InChI=1S/C24H28FNO5S/c1-3-5-13-24(4-2)16-26(18-9-7-6-8-10-18)21-12-11-19(31-15-20(25)23(27)28)14-22(21)32(29,30)17-24/h6-12,14-15H,3-5,13,16-17H2,1-2H3,(H,27,28)/b20-15-. The maximum Gasteiger partial charge on any atom is 0.368 e. The minimum atomic E-state index is -3.70. The third-order valence-electron chi connectivity index (χ3n) is 5.93. The first-order chi connectivity index (χ1) is 15.2. The average Bonchev–Trinajstić information content (AvgIpc) is 2.89. The number of para-hydroxylation sites is 1. The number of nitrogens with zero attached hydrogens (tertiary/aromatic N) is 1. The summed E-state index contributed by atoms with van der Waals surface area (Å²) in [6.07, 6.45) is 3.85. The highest BCUT2D eigenvalue weighted by Crippen LogP contribution is 2.44. The number of anilines is 2. The van der Waals surface area contributed by atoms with Crippen LogP contribution in [-0.2, 0) is 14.6 Å². The number of carboxylic acids is 1. The van der Waals surface area contributed by atoms with Crippen molar-refractivity contribution in [2.24, 2.45) is 5.41 Å². The van der Waals surface area contributed by atoms with Gasteiger partial charge >= 0.3 is 5.97 Å². The number of benzene rings is 2. The lowest BCUT2D eigenvalue weighted by Gasteiger charge is -2.36. The van der Waals surface area contributed by atoms with Gasteiger partial charge < -0.3 is 14.7 Å². The summed E-state index contributed by atoms with van der Waals surface area (Å²) >= 11 is 0. The fraction of sp³-hybridized carbons (Fsp3) is 0.375. The van der Waals surface area contributed by atoms with Crippen LogP contribution in [0.2, 0.25) is 0 Å². The Morgan fingerprint density at radius 3 is 2.56 bits per heavy atom. The van der Waals surface area contributed by atoms with E-state index in [2.05, 4.69) is 6.92 Å². The van der Waals surface area contributed by atoms with Crippen molar-refractivity contribution in [1.82, 2.24) is 0 Å². The summed E-state index contributed by atoms with van der Waals surface area (Å²) in [5, 5.41) is 8.66. The van der Waals surface area contributed by atoms with Crippen LogP contribution >= 0.6 is 0 Å². The Morgan fingerprint density at radius 2 is 1.94 bits per heavy atom. The Hall–Kier alpha value is -2.87. The van der Waals surface area contributed by atoms with Crippen molar-refractivity contribution in [2.75, 3.05) is 17.2 Å². The summed E-state index contributed by atoms with van der Waals surface area (Å²) in [4.78, 5) is 12.8. The molecule has 172 valence electrons. The summed E-state index contributed by atoms with van der Waals surface area (Å²) < 4.78 is 45.5. The maximum atomic E-state index is 13.5. The SMILES string of the molecule is CCCCC1(CC)CN(c2ccccc2)c2ccc(O/C=C(\F)C(=O)O)cc2S(=O)(=O)C1. The highest BCUT2D eigenvalue weighted by Gasteiger charge is 2.41. The van der Waals surface area contributed by atoms with E-state index in [0.717, 1.165) is 24.9 Å². The molecule has 0 spiro atoms. The number of rotatable bonds is 8. The van der Waals surface area contributed by atoms with E-state index in [1.807, 2.05) is 42.2 Å². The summed E-state index contributed by atoms with van der Waals surface area (Å²) in [5.74, 6) is -3.19. The van der Waals surface area contributed by atoms with Gasteiger partial charge in [-0.15, -0.1) is 0 Å². The maximum absolute atomic E-state index is 13.5. The van der Waals surface area contributed by atoms with Crippen LogP contribution in [0.4, 0.5) is 15.8 Å². The molecule has 1 atom stereocenters. The van der Waals surface area contributed by atoms with Crippen molar-refractivity contribution >= 4 is 27.2 Å². The summed E-state index contributed by atoms with van der Waals surface area (Å²) in [6.45, 7) is 4.66. The molecule has 32 heavy (non-hydrogen) atoms. The van der Waals surface area contributed by atoms with E-state index >= 15 is 0 Å². The van der Waals surface area contributed by atoms with Crippen LogP contribution in [0.1, 0.15) is 39.5 Å². The van der Waals surface area contributed by atoms with E-state index in [1.165, 1.54) is 12.1 Å². The second-order valence-electron chi connectivity index (χ2n) is 8.16. The van der Waals surface area contributed by atoms with Gasteiger partial charge in [0.25, 0.3) is 0 Å². The van der Waals surface area contributed by atoms with Gasteiger partial charge in [-0.25, -0.2) is 13.2 Å². The van der Waals surface area contributed by atoms with Crippen molar-refractivity contribution in [3.05, 3.63) is 60.6 Å². The molecular formula is C24H28FNO5S. The molecule has 0 fully saturated rings. The highest BCUT2D eigenvalue weighted by molar-refractivity contribution is 7.91. The van der Waals surface area contributed by atoms with E-state index in [-0.39, 0.29) is 16.4 Å². The molecule has 1 aliphatic rings. The zero-order valence-corrected chi connectivity index (χ0v) is 19.1. The largest absolute Gasteiger partial charge is 0.476 e. The van der Waals surface area contributed by atoms with Gasteiger partial charge in [0, 0.05) is 23.7 Å². The van der Waals surface area contributed by atoms with Crippen molar-refractivity contribution in [3.63, 3.8) is 0 Å². The molecule has 6 nitrogen and oxygen atoms in total. The Morgan fingerprint density at radius 1 is 1.22 bits per heavy atom. The number of sulfone groups is 1. The molecule has 0 aromatic heterocycles. The molecule has 0 radical (unpaired) electrons. The van der Waals surface area contributed by atoms with Gasteiger partial charge in [-0.2, -0.15) is 4.39 Å². The zero-order chi connectivity index (χ0) is 23.4. The molecule has 0 saturated heterocycles. The number of unbranched alkanes of at least 4 members (excludes halogenated alkanes) is 1. The number of ether oxygens (including phenoxy) is 1. The normalized spacial score (nSPS) is 20.3. The molecule has 0 amide bonds. The van der Waals surface area contributed by atoms with Gasteiger partial charge in [-0.05, 0) is 37.1 Å². The van der Waals surface area contributed by atoms with Crippen LogP contribution in [-0.4, -0.2) is 31.8 Å². The molecule has 2 aromatic carbocycles. The monoisotopic (exact) mass is 461 g/mol. The van der Waals surface area contributed by atoms with E-state index < -0.39 is 27.0 Å². The second-order valence-corrected chi connectivity index (χ2v) is 10.1. The van der Waals surface area contributed by atoms with Crippen molar-refractivity contribution in [3.8, 4) is 5.75 Å². The minimum Gasteiger partial charge on any atom is -0.476 e. The van der Waals surface area contributed by atoms with Crippen molar-refractivity contribution in [1.29, 1.82) is 0 Å². The van der Waals surface area contributed by atoms with Gasteiger partial charge in [0.1, 0.15) is 12.0 Å². The molecule has 0 bridgehead atoms. The van der Waals surface area contributed by atoms with Gasteiger partial charge in [-0.1, -0.05) is 44.9 Å². The number of halogens is 1. The number of hydrogen-bond donors (Lipinski definition) is 1. The number of aliphatic carboxylic acids is 1. The minimum absolute atomic E-state index is 0.00435. The Bertz CT molecular complexity index is 1100. The fourth-order valence-electron chi connectivity index (χ4n) is 4.09. The molecule has 8 heteroatoms. The molecular weight excluding hydrogens is 433 g/mol. The molecule has 1 heterocycles. The molecule has 1 unspecified atom stereocenters. The molecule has 1 aliphatic heterocycles. The van der Waals surface area contributed by atoms with E-state index in [0.29, 0.717) is 24.9 Å². The van der Waals surface area contributed by atoms with E-state index in [9.17, 15) is 17.6 Å². The third kappa shape index (κ3) is 5.12. The lowest BCUT2D eigenvalue weighted by Crippen LogP contribution is -2.37. The highest BCUT2D eigenvalue weighted by atomic mass is 32.2. The van der Waals surface area contributed by atoms with Crippen LogP contribution in [0.25, 0.3) is 0 Å². The van der Waals surface area contributed by atoms with Gasteiger partial charge in [0.15, 0.2) is 9.84 Å². The first kappa shape index (κ1) is 23.8. The fourth-order valence-corrected chi connectivity index (χ4v) is 6.28. The number of fused-ring (bicyclic) bond motifs is 1.